The second kappa shape index (κ2) is 9.35. The van der Waals surface area contributed by atoms with Crippen molar-refractivity contribution in [2.75, 3.05) is 0 Å². The number of thioether (sulfide) groups is 1. The van der Waals surface area contributed by atoms with Gasteiger partial charge in [-0.15, -0.1) is 10.2 Å². The monoisotopic (exact) mass is 448 g/mol. The number of aromatic amines is 1. The number of carbonyl (C=O) groups is 1. The minimum Gasteiger partial charge on any atom is -0.342 e. The van der Waals surface area contributed by atoms with Gasteiger partial charge < -0.3 is 14.9 Å². The molecule has 2 N–H and O–H groups in total. The van der Waals surface area contributed by atoms with Gasteiger partial charge in [-0.3, -0.25) is 9.59 Å². The highest BCUT2D eigenvalue weighted by Crippen LogP contribution is 2.26. The van der Waals surface area contributed by atoms with Crippen molar-refractivity contribution in [1.29, 1.82) is 0 Å². The molecule has 9 heteroatoms. The number of H-pyrrole nitrogens is 1. The van der Waals surface area contributed by atoms with Crippen LogP contribution in [0, 0.1) is 0 Å². The zero-order valence-corrected chi connectivity index (χ0v) is 18.9. The number of hydrogen-bond donors (Lipinski definition) is 2. The van der Waals surface area contributed by atoms with E-state index in [1.54, 1.807) is 18.2 Å². The molecule has 0 spiro atoms. The molecule has 2 aromatic carbocycles. The number of para-hydroxylation sites is 1. The van der Waals surface area contributed by atoms with Crippen LogP contribution < -0.4 is 10.9 Å². The van der Waals surface area contributed by atoms with Crippen LogP contribution in [-0.2, 0) is 5.75 Å². The molecule has 0 unspecified atom stereocenters. The summed E-state index contributed by atoms with van der Waals surface area (Å²) < 4.78 is 2.00. The Bertz CT molecular complexity index is 1300. The van der Waals surface area contributed by atoms with Crippen molar-refractivity contribution in [2.24, 2.45) is 0 Å². The Labute approximate surface area is 189 Å². The van der Waals surface area contributed by atoms with Gasteiger partial charge >= 0.3 is 0 Å². The van der Waals surface area contributed by atoms with Gasteiger partial charge in [0, 0.05) is 11.6 Å². The van der Waals surface area contributed by atoms with E-state index in [0.717, 1.165) is 0 Å². The summed E-state index contributed by atoms with van der Waals surface area (Å²) in [6.07, 6.45) is 0. The van der Waals surface area contributed by atoms with Gasteiger partial charge in [0.15, 0.2) is 11.0 Å². The molecule has 0 saturated heterocycles. The number of carbonyl (C=O) groups excluding carboxylic acids is 1. The Balaban J connectivity index is 1.53. The summed E-state index contributed by atoms with van der Waals surface area (Å²) >= 11 is 1.44. The molecule has 4 aromatic rings. The van der Waals surface area contributed by atoms with E-state index in [-0.39, 0.29) is 23.6 Å². The molecule has 8 nitrogen and oxygen atoms in total. The van der Waals surface area contributed by atoms with Gasteiger partial charge in [0.1, 0.15) is 5.82 Å². The van der Waals surface area contributed by atoms with Crippen LogP contribution in [0.1, 0.15) is 54.9 Å². The van der Waals surface area contributed by atoms with E-state index in [1.807, 2.05) is 61.7 Å². The summed E-state index contributed by atoms with van der Waals surface area (Å²) in [6.45, 7) is 5.97. The quantitative estimate of drug-likeness (QED) is 0.416. The third-order valence-electron chi connectivity index (χ3n) is 4.98. The summed E-state index contributed by atoms with van der Waals surface area (Å²) in [4.78, 5) is 32.3. The van der Waals surface area contributed by atoms with E-state index >= 15 is 0 Å². The largest absolute Gasteiger partial charge is 0.342 e. The predicted molar refractivity (Wildman–Crippen MR) is 125 cm³/mol. The molecule has 32 heavy (non-hydrogen) atoms. The topological polar surface area (TPSA) is 106 Å². The van der Waals surface area contributed by atoms with Crippen molar-refractivity contribution < 1.29 is 4.79 Å². The SMILES string of the molecule is CC(C)n1c(SCc2nc3ccccc3c(=O)[nH]2)nnc1[C@@H](C)NC(=O)c1ccccc1. The first-order valence-corrected chi connectivity index (χ1v) is 11.3. The van der Waals surface area contributed by atoms with Gasteiger partial charge in [0.2, 0.25) is 0 Å². The van der Waals surface area contributed by atoms with Crippen molar-refractivity contribution in [3.8, 4) is 0 Å². The van der Waals surface area contributed by atoms with E-state index in [1.165, 1.54) is 11.8 Å². The molecule has 0 radical (unpaired) electrons. The Kier molecular flexibility index (Phi) is 6.36. The summed E-state index contributed by atoms with van der Waals surface area (Å²) in [5.74, 6) is 1.52. The molecule has 0 aliphatic heterocycles. The summed E-state index contributed by atoms with van der Waals surface area (Å²) in [5, 5.41) is 13.0. The van der Waals surface area contributed by atoms with Gasteiger partial charge in [-0.2, -0.15) is 0 Å². The highest BCUT2D eigenvalue weighted by Gasteiger charge is 2.22. The molecular formula is C23H24N6O2S. The molecule has 2 heterocycles. The minimum atomic E-state index is -0.328. The fourth-order valence-corrected chi connectivity index (χ4v) is 4.38. The smallest absolute Gasteiger partial charge is 0.258 e. The van der Waals surface area contributed by atoms with Crippen LogP contribution in [-0.4, -0.2) is 30.6 Å². The van der Waals surface area contributed by atoms with E-state index in [2.05, 4.69) is 25.5 Å². The molecule has 0 aliphatic rings. The zero-order valence-electron chi connectivity index (χ0n) is 18.1. The van der Waals surface area contributed by atoms with Crippen LogP contribution >= 0.6 is 11.8 Å². The maximum absolute atomic E-state index is 12.6. The molecule has 4 rings (SSSR count). The van der Waals surface area contributed by atoms with Crippen LogP contribution in [0.15, 0.2) is 64.5 Å². The van der Waals surface area contributed by atoms with Crippen LogP contribution in [0.4, 0.5) is 0 Å². The average Bonchev–Trinajstić information content (AvgIpc) is 3.23. The molecule has 0 saturated carbocycles. The van der Waals surface area contributed by atoms with E-state index in [4.69, 9.17) is 0 Å². The lowest BCUT2D eigenvalue weighted by Gasteiger charge is -2.18. The molecule has 1 amide bonds. The van der Waals surface area contributed by atoms with E-state index in [9.17, 15) is 9.59 Å². The predicted octanol–water partition coefficient (Wildman–Crippen LogP) is 3.88. The second-order valence-corrected chi connectivity index (χ2v) is 8.63. The lowest BCUT2D eigenvalue weighted by atomic mass is 10.2. The van der Waals surface area contributed by atoms with Crippen molar-refractivity contribution >= 4 is 28.6 Å². The molecule has 2 aromatic heterocycles. The Morgan fingerprint density at radius 1 is 1.06 bits per heavy atom. The number of aromatic nitrogens is 5. The van der Waals surface area contributed by atoms with Crippen molar-refractivity contribution in [3.63, 3.8) is 0 Å². The zero-order chi connectivity index (χ0) is 22.7. The van der Waals surface area contributed by atoms with Crippen LogP contribution in [0.5, 0.6) is 0 Å². The maximum Gasteiger partial charge on any atom is 0.258 e. The van der Waals surface area contributed by atoms with Gasteiger partial charge in [0.05, 0.1) is 22.7 Å². The van der Waals surface area contributed by atoms with Crippen molar-refractivity contribution in [1.82, 2.24) is 30.0 Å². The minimum absolute atomic E-state index is 0.0854. The highest BCUT2D eigenvalue weighted by molar-refractivity contribution is 7.98. The fraction of sp³-hybridized carbons (Fsp3) is 0.261. The average molecular weight is 449 g/mol. The number of rotatable bonds is 7. The van der Waals surface area contributed by atoms with Gasteiger partial charge in [-0.05, 0) is 45.0 Å². The number of nitrogens with zero attached hydrogens (tertiary/aromatic N) is 4. The van der Waals surface area contributed by atoms with Gasteiger partial charge in [-0.1, -0.05) is 42.1 Å². The third-order valence-corrected chi connectivity index (χ3v) is 5.93. The van der Waals surface area contributed by atoms with E-state index < -0.39 is 0 Å². The highest BCUT2D eigenvalue weighted by atomic mass is 32.2. The molecule has 0 bridgehead atoms. The standard InChI is InChI=1S/C23H24N6O2S/c1-14(2)29-20(15(3)24-21(30)16-9-5-4-6-10-16)27-28-23(29)32-13-19-25-18-12-8-7-11-17(18)22(31)26-19/h4-12,14-15H,13H2,1-3H3,(H,24,30)(H,25,26,31)/t15-/m1/s1. The Hall–Kier alpha value is -3.46. The van der Waals surface area contributed by atoms with Gasteiger partial charge in [0.25, 0.3) is 11.5 Å². The number of benzene rings is 2. The normalized spacial score (nSPS) is 12.2. The molecule has 1 atom stereocenters. The number of fused-ring (bicyclic) bond motifs is 1. The molecular weight excluding hydrogens is 424 g/mol. The molecule has 0 fully saturated rings. The molecule has 164 valence electrons. The lowest BCUT2D eigenvalue weighted by molar-refractivity contribution is 0.0937. The van der Waals surface area contributed by atoms with Gasteiger partial charge in [-0.25, -0.2) is 4.98 Å². The lowest BCUT2D eigenvalue weighted by Crippen LogP contribution is -2.29. The summed E-state index contributed by atoms with van der Waals surface area (Å²) in [5.41, 5.74) is 1.10. The number of hydrogen-bond acceptors (Lipinski definition) is 6. The first-order valence-electron chi connectivity index (χ1n) is 10.4. The summed E-state index contributed by atoms with van der Waals surface area (Å²) in [6, 6.07) is 16.1. The number of nitrogens with one attached hydrogen (secondary N) is 2. The Morgan fingerprint density at radius 3 is 2.53 bits per heavy atom. The third kappa shape index (κ3) is 4.57. The fourth-order valence-electron chi connectivity index (χ4n) is 3.44. The van der Waals surface area contributed by atoms with Crippen molar-refractivity contribution in [2.45, 2.75) is 43.8 Å². The van der Waals surface area contributed by atoms with Crippen LogP contribution in [0.25, 0.3) is 10.9 Å². The maximum atomic E-state index is 12.6. The van der Waals surface area contributed by atoms with Crippen LogP contribution in [0.3, 0.4) is 0 Å². The summed E-state index contributed by atoms with van der Waals surface area (Å²) in [7, 11) is 0. The number of amides is 1. The first-order chi connectivity index (χ1) is 15.4. The second-order valence-electron chi connectivity index (χ2n) is 7.68. The van der Waals surface area contributed by atoms with Crippen LogP contribution in [0.2, 0.25) is 0 Å². The van der Waals surface area contributed by atoms with Crippen molar-refractivity contribution in [3.05, 3.63) is 82.2 Å². The van der Waals surface area contributed by atoms with E-state index in [0.29, 0.717) is 39.0 Å². The molecule has 0 aliphatic carbocycles. The Morgan fingerprint density at radius 2 is 1.78 bits per heavy atom. The first kappa shape index (κ1) is 21.8.